The van der Waals surface area contributed by atoms with Crippen molar-refractivity contribution in [2.75, 3.05) is 13.1 Å². The fourth-order valence-corrected chi connectivity index (χ4v) is 12.8. The van der Waals surface area contributed by atoms with E-state index in [0.717, 1.165) is 67.8 Å². The first-order valence-electron chi connectivity index (χ1n) is 27.6. The van der Waals surface area contributed by atoms with E-state index in [1.807, 2.05) is 39.3 Å². The highest BCUT2D eigenvalue weighted by atomic mass is 32.1. The summed E-state index contributed by atoms with van der Waals surface area (Å²) >= 11 is 3.61. The second-order valence-electron chi connectivity index (χ2n) is 22.6. The van der Waals surface area contributed by atoms with Gasteiger partial charge in [-0.05, 0) is 79.3 Å². The van der Waals surface area contributed by atoms with Gasteiger partial charge in [-0.1, -0.05) is 198 Å². The van der Waals surface area contributed by atoms with Crippen LogP contribution in [0.5, 0.6) is 0 Å². The van der Waals surface area contributed by atoms with E-state index in [1.54, 1.807) is 11.3 Å². The van der Waals surface area contributed by atoms with Gasteiger partial charge in [0, 0.05) is 32.8 Å². The standard InChI is InChI=1S/C60H90N2O4S2/c1-11-15-19-23-25-29-33-43(31-27-21-17-13-3)41-61-55(46-36-35-45(65-46)48-39-49-50(67-48)40-52(68-49)60(8,9)10)53-54(58(61)64)56(47-37-38-51(66-47)59(5,6)7)62(57(53)63)42-44(32-28-22-18-14-4)34-30-26-24-20-16-12-2/h35-40,43-44H,11-34,41-42H2,1-10H3. The van der Waals surface area contributed by atoms with Crippen LogP contribution in [0.15, 0.2) is 56.4 Å². The first kappa shape index (κ1) is 54.0. The minimum Gasteiger partial charge on any atom is -0.459 e. The smallest absolute Gasteiger partial charge is 0.261 e. The third-order valence-electron chi connectivity index (χ3n) is 14.5. The number of carbonyl (C=O) groups excluding carboxylic acids is 2. The molecule has 6 nitrogen and oxygen atoms in total. The molecule has 6 rings (SSSR count). The zero-order valence-electron chi connectivity index (χ0n) is 44.3. The number of rotatable bonds is 31. The molecule has 4 aromatic rings. The number of furan rings is 2. The van der Waals surface area contributed by atoms with Crippen molar-refractivity contribution in [1.29, 1.82) is 0 Å². The van der Waals surface area contributed by atoms with Crippen molar-refractivity contribution in [1.82, 2.24) is 9.80 Å². The van der Waals surface area contributed by atoms with Crippen LogP contribution in [-0.2, 0) is 20.4 Å². The summed E-state index contributed by atoms with van der Waals surface area (Å²) in [6, 6.07) is 12.7. The predicted molar refractivity (Wildman–Crippen MR) is 291 cm³/mol. The first-order valence-corrected chi connectivity index (χ1v) is 29.2. The molecule has 4 aromatic heterocycles. The van der Waals surface area contributed by atoms with E-state index < -0.39 is 0 Å². The number of hydrogen-bond acceptors (Lipinski definition) is 6. The molecule has 8 heteroatoms. The summed E-state index contributed by atoms with van der Waals surface area (Å²) in [6.07, 6.45) is 28.8. The van der Waals surface area contributed by atoms with Crippen molar-refractivity contribution < 1.29 is 18.4 Å². The number of thiophene rings is 2. The zero-order valence-corrected chi connectivity index (χ0v) is 46.0. The average molecular weight is 968 g/mol. The summed E-state index contributed by atoms with van der Waals surface area (Å²) in [6.45, 7) is 23.5. The number of hydrogen-bond donors (Lipinski definition) is 0. The molecule has 2 atom stereocenters. The number of nitrogens with zero attached hydrogens (tertiary/aromatic N) is 2. The Bertz CT molecular complexity index is 2230. The number of fused-ring (bicyclic) bond motifs is 2. The lowest BCUT2D eigenvalue weighted by atomic mass is 9.93. The topological polar surface area (TPSA) is 66.9 Å². The Labute approximate surface area is 420 Å². The van der Waals surface area contributed by atoms with Gasteiger partial charge in [0.25, 0.3) is 11.8 Å². The largest absolute Gasteiger partial charge is 0.459 e. The first-order chi connectivity index (χ1) is 32.7. The molecule has 0 N–H and O–H groups in total. The third kappa shape index (κ3) is 13.9. The lowest BCUT2D eigenvalue weighted by molar-refractivity contribution is -0.124. The molecule has 0 saturated heterocycles. The van der Waals surface area contributed by atoms with Gasteiger partial charge >= 0.3 is 0 Å². The monoisotopic (exact) mass is 967 g/mol. The Hall–Kier alpha value is -3.36. The molecule has 2 amide bonds. The van der Waals surface area contributed by atoms with Crippen LogP contribution in [0.4, 0.5) is 0 Å². The van der Waals surface area contributed by atoms with Crippen molar-refractivity contribution in [3.8, 4) is 10.6 Å². The number of carbonyl (C=O) groups is 2. The van der Waals surface area contributed by atoms with Crippen LogP contribution in [0.1, 0.15) is 245 Å². The van der Waals surface area contributed by atoms with Gasteiger partial charge in [-0.2, -0.15) is 0 Å². The summed E-state index contributed by atoms with van der Waals surface area (Å²) < 4.78 is 16.2. The van der Waals surface area contributed by atoms with E-state index in [4.69, 9.17) is 8.83 Å². The summed E-state index contributed by atoms with van der Waals surface area (Å²) in [5.41, 5.74) is 2.16. The Morgan fingerprint density at radius 2 is 0.868 bits per heavy atom. The molecule has 0 saturated carbocycles. The van der Waals surface area contributed by atoms with E-state index >= 15 is 9.59 Å². The van der Waals surface area contributed by atoms with Gasteiger partial charge in [-0.25, -0.2) is 0 Å². The Morgan fingerprint density at radius 3 is 1.29 bits per heavy atom. The van der Waals surface area contributed by atoms with Crippen molar-refractivity contribution in [2.24, 2.45) is 11.8 Å². The van der Waals surface area contributed by atoms with Gasteiger partial charge in [-0.3, -0.25) is 9.59 Å². The molecule has 0 fully saturated rings. The number of unbranched alkanes of at least 4 members (excludes halogenated alkanes) is 16. The molecule has 376 valence electrons. The second-order valence-corrected chi connectivity index (χ2v) is 24.8. The highest BCUT2D eigenvalue weighted by Gasteiger charge is 2.51. The van der Waals surface area contributed by atoms with E-state index in [1.165, 1.54) is 117 Å². The molecule has 0 aliphatic carbocycles. The Kier molecular flexibility index (Phi) is 20.4. The van der Waals surface area contributed by atoms with Crippen LogP contribution in [0.2, 0.25) is 0 Å². The van der Waals surface area contributed by atoms with Gasteiger partial charge in [-0.15, -0.1) is 22.7 Å². The summed E-state index contributed by atoms with van der Waals surface area (Å²) in [5, 5.41) is 0. The quantitative estimate of drug-likeness (QED) is 0.0471. The molecule has 0 aromatic carbocycles. The maximum absolute atomic E-state index is 15.7. The molecule has 2 aliphatic rings. The molecule has 2 aliphatic heterocycles. The van der Waals surface area contributed by atoms with E-state index in [2.05, 4.69) is 87.4 Å². The van der Waals surface area contributed by atoms with Crippen molar-refractivity contribution in [3.05, 3.63) is 69.7 Å². The molecular weight excluding hydrogens is 877 g/mol. The van der Waals surface area contributed by atoms with Crippen LogP contribution in [-0.4, -0.2) is 34.7 Å². The molecular formula is C60H90N2O4S2. The van der Waals surface area contributed by atoms with Crippen LogP contribution in [0.25, 0.3) is 31.4 Å². The van der Waals surface area contributed by atoms with Crippen molar-refractivity contribution in [3.63, 3.8) is 0 Å². The normalized spacial score (nSPS) is 15.6. The average Bonchev–Trinajstić information content (AvgIpc) is 4.16. The molecule has 6 heterocycles. The highest BCUT2D eigenvalue weighted by molar-refractivity contribution is 7.29. The van der Waals surface area contributed by atoms with Crippen molar-refractivity contribution in [2.45, 2.75) is 234 Å². The lowest BCUT2D eigenvalue weighted by Gasteiger charge is -2.29. The van der Waals surface area contributed by atoms with Gasteiger partial charge in [0.2, 0.25) is 0 Å². The Balaban J connectivity index is 1.44. The van der Waals surface area contributed by atoms with E-state index in [-0.39, 0.29) is 22.6 Å². The minimum atomic E-state index is -0.233. The van der Waals surface area contributed by atoms with Crippen LogP contribution in [0.3, 0.4) is 0 Å². The SMILES string of the molecule is CCCCCCCCC(CCCCCC)CN1C(=O)C2=C(c3ccc(C(C)(C)C)o3)N(CC(CCCCCC)CCCCCCCC)C(=O)C2=C1c1ccc(-c2cc3sc(C(C)(C)C)cc3s2)o1. The summed E-state index contributed by atoms with van der Waals surface area (Å²) in [4.78, 5) is 37.7. The maximum atomic E-state index is 15.7. The molecule has 0 spiro atoms. The summed E-state index contributed by atoms with van der Waals surface area (Å²) in [5.74, 6) is 3.32. The fraction of sp³-hybridized carbons (Fsp3) is 0.667. The second kappa shape index (κ2) is 25.7. The predicted octanol–water partition coefficient (Wildman–Crippen LogP) is 18.9. The summed E-state index contributed by atoms with van der Waals surface area (Å²) in [7, 11) is 0. The van der Waals surface area contributed by atoms with Crippen LogP contribution in [0, 0.1) is 11.8 Å². The van der Waals surface area contributed by atoms with E-state index in [0.29, 0.717) is 59.0 Å². The molecule has 0 radical (unpaired) electrons. The molecule has 2 unspecified atom stereocenters. The molecule has 68 heavy (non-hydrogen) atoms. The van der Waals surface area contributed by atoms with Gasteiger partial charge in [0.15, 0.2) is 11.5 Å². The van der Waals surface area contributed by atoms with Crippen molar-refractivity contribution >= 4 is 55.3 Å². The van der Waals surface area contributed by atoms with Crippen LogP contribution >= 0.6 is 22.7 Å². The van der Waals surface area contributed by atoms with Gasteiger partial charge in [0.1, 0.15) is 22.9 Å². The molecule has 0 bridgehead atoms. The number of amides is 2. The lowest BCUT2D eigenvalue weighted by Crippen LogP contribution is -2.34. The maximum Gasteiger partial charge on any atom is 0.261 e. The van der Waals surface area contributed by atoms with Gasteiger partial charge in [0.05, 0.1) is 16.0 Å². The third-order valence-corrected chi connectivity index (χ3v) is 17.3. The fourth-order valence-electron chi connectivity index (χ4n) is 10.4. The highest BCUT2D eigenvalue weighted by Crippen LogP contribution is 2.50. The van der Waals surface area contributed by atoms with Gasteiger partial charge < -0.3 is 18.6 Å². The van der Waals surface area contributed by atoms with E-state index in [9.17, 15) is 0 Å². The zero-order chi connectivity index (χ0) is 48.8. The Morgan fingerprint density at radius 1 is 0.471 bits per heavy atom. The van der Waals surface area contributed by atoms with Crippen LogP contribution < -0.4 is 0 Å². The minimum absolute atomic E-state index is 0.0872.